The van der Waals surface area contributed by atoms with E-state index in [9.17, 15) is 0 Å². The van der Waals surface area contributed by atoms with Crippen LogP contribution < -0.4 is 0 Å². The second-order valence-electron chi connectivity index (χ2n) is 22.6. The summed E-state index contributed by atoms with van der Waals surface area (Å²) in [7, 11) is 0. The molecular formula is C82H52N8. The van der Waals surface area contributed by atoms with E-state index in [1.54, 1.807) is 0 Å². The van der Waals surface area contributed by atoms with E-state index in [-0.39, 0.29) is 0 Å². The van der Waals surface area contributed by atoms with Gasteiger partial charge in [-0.15, -0.1) is 0 Å². The van der Waals surface area contributed by atoms with Crippen LogP contribution in [0.1, 0.15) is 0 Å². The number of benzene rings is 10. The number of nitrogens with zero attached hydrogens (tertiary/aromatic N) is 8. The number of rotatable bonds is 8. The Hall–Kier alpha value is -12.3. The molecule has 0 fully saturated rings. The minimum absolute atomic E-state index is 0.818. The molecule has 8 heteroatoms. The van der Waals surface area contributed by atoms with E-state index in [0.717, 1.165) is 95.0 Å². The van der Waals surface area contributed by atoms with Gasteiger partial charge in [0.05, 0.1) is 33.8 Å². The van der Waals surface area contributed by atoms with Crippen LogP contribution in [0.5, 0.6) is 0 Å². The van der Waals surface area contributed by atoms with Gasteiger partial charge < -0.3 is 0 Å². The number of para-hydroxylation sites is 2. The summed E-state index contributed by atoms with van der Waals surface area (Å²) < 4.78 is 4.51. The summed E-state index contributed by atoms with van der Waals surface area (Å²) in [6.07, 6.45) is 7.30. The summed E-state index contributed by atoms with van der Waals surface area (Å²) in [6, 6.07) is 103. The Kier molecular flexibility index (Phi) is 12.7. The molecule has 8 nitrogen and oxygen atoms in total. The van der Waals surface area contributed by atoms with Crippen molar-refractivity contribution in [2.45, 2.75) is 0 Å². The fourth-order valence-electron chi connectivity index (χ4n) is 13.0. The van der Waals surface area contributed by atoms with Crippen molar-refractivity contribution in [2.75, 3.05) is 0 Å². The maximum Gasteiger partial charge on any atom is 0.146 e. The third kappa shape index (κ3) is 9.09. The Morgan fingerprint density at radius 2 is 0.567 bits per heavy atom. The Morgan fingerprint density at radius 3 is 1.10 bits per heavy atom. The van der Waals surface area contributed by atoms with Crippen molar-refractivity contribution < 1.29 is 0 Å². The van der Waals surface area contributed by atoms with Crippen molar-refractivity contribution in [3.8, 4) is 90.1 Å². The van der Waals surface area contributed by atoms with Crippen molar-refractivity contribution in [3.05, 3.63) is 316 Å². The van der Waals surface area contributed by atoms with E-state index in [2.05, 4.69) is 226 Å². The van der Waals surface area contributed by atoms with Crippen molar-refractivity contribution in [1.29, 1.82) is 0 Å². The molecule has 0 N–H and O–H groups in total. The third-order valence-electron chi connectivity index (χ3n) is 17.4. The predicted molar refractivity (Wildman–Crippen MR) is 370 cm³/mol. The van der Waals surface area contributed by atoms with Crippen LogP contribution in [0.4, 0.5) is 0 Å². The summed E-state index contributed by atoms with van der Waals surface area (Å²) in [5, 5.41) is 11.8. The summed E-state index contributed by atoms with van der Waals surface area (Å²) in [6.45, 7) is 0. The molecule has 0 aliphatic heterocycles. The first-order valence-electron chi connectivity index (χ1n) is 30.2. The smallest absolute Gasteiger partial charge is 0.146 e. The molecule has 0 radical (unpaired) electrons. The monoisotopic (exact) mass is 1150 g/mol. The van der Waals surface area contributed by atoms with Gasteiger partial charge in [0.15, 0.2) is 0 Å². The average molecular weight is 1150 g/mol. The highest BCUT2D eigenvalue weighted by Gasteiger charge is 2.24. The number of imidazole rings is 2. The van der Waals surface area contributed by atoms with Crippen molar-refractivity contribution in [1.82, 2.24) is 38.7 Å². The van der Waals surface area contributed by atoms with Gasteiger partial charge in [-0.25, -0.2) is 9.97 Å². The molecule has 0 aliphatic rings. The molecule has 10 aromatic carbocycles. The summed E-state index contributed by atoms with van der Waals surface area (Å²) in [4.78, 5) is 29.5. The van der Waals surface area contributed by atoms with Crippen LogP contribution in [0.3, 0.4) is 0 Å². The van der Waals surface area contributed by atoms with Crippen molar-refractivity contribution in [3.63, 3.8) is 0 Å². The Bertz CT molecular complexity index is 5750. The fourth-order valence-corrected chi connectivity index (χ4v) is 13.0. The van der Waals surface area contributed by atoms with E-state index in [4.69, 9.17) is 24.9 Å². The minimum atomic E-state index is 0.818. The van der Waals surface area contributed by atoms with E-state index >= 15 is 0 Å². The zero-order chi connectivity index (χ0) is 59.5. The summed E-state index contributed by atoms with van der Waals surface area (Å²) in [5.74, 6) is 0. The normalized spacial score (nSPS) is 11.6. The van der Waals surface area contributed by atoms with Gasteiger partial charge in [0.2, 0.25) is 0 Å². The Morgan fingerprint density at radius 1 is 0.211 bits per heavy atom. The van der Waals surface area contributed by atoms with Crippen LogP contribution in [-0.2, 0) is 0 Å². The van der Waals surface area contributed by atoms with Crippen LogP contribution in [-0.4, -0.2) is 38.7 Å². The fraction of sp³-hybridized carbons (Fsp3) is 0. The van der Waals surface area contributed by atoms with Gasteiger partial charge in [0.25, 0.3) is 0 Å². The first kappa shape index (κ1) is 52.1. The highest BCUT2D eigenvalue weighted by molar-refractivity contribution is 6.16. The lowest BCUT2D eigenvalue weighted by molar-refractivity contribution is 1.22. The number of hydrogen-bond donors (Lipinski definition) is 0. The lowest BCUT2D eigenvalue weighted by Gasteiger charge is -2.13. The molecule has 8 aromatic heterocycles. The van der Waals surface area contributed by atoms with Crippen LogP contribution >= 0.6 is 0 Å². The van der Waals surface area contributed by atoms with Gasteiger partial charge in [-0.2, -0.15) is 0 Å². The first-order chi connectivity index (χ1) is 44.6. The highest BCUT2D eigenvalue weighted by Crippen LogP contribution is 2.42. The Balaban J connectivity index is 0.000000141. The highest BCUT2D eigenvalue weighted by atomic mass is 15.1. The number of hydrogen-bond acceptors (Lipinski definition) is 6. The molecule has 18 rings (SSSR count). The molecule has 0 saturated heterocycles. The third-order valence-corrected chi connectivity index (χ3v) is 17.4. The predicted octanol–water partition coefficient (Wildman–Crippen LogP) is 20.5. The number of aromatic nitrogens is 8. The topological polar surface area (TPSA) is 86.2 Å². The van der Waals surface area contributed by atoms with E-state index < -0.39 is 0 Å². The van der Waals surface area contributed by atoms with Gasteiger partial charge >= 0.3 is 0 Å². The van der Waals surface area contributed by atoms with Crippen LogP contribution in [0.25, 0.3) is 166 Å². The zero-order valence-corrected chi connectivity index (χ0v) is 48.6. The second kappa shape index (κ2) is 21.9. The largest absolute Gasteiger partial charge is 0.290 e. The lowest BCUT2D eigenvalue weighted by Crippen LogP contribution is -1.96. The van der Waals surface area contributed by atoms with Crippen LogP contribution in [0.2, 0.25) is 0 Å². The lowest BCUT2D eigenvalue weighted by atomic mass is 9.95. The molecule has 8 heterocycles. The standard InChI is InChI=1S/C45H28N4.C37H24N4/c1-2-10-30-25-31(16-15-29(30)9-1)32-17-18-34-27-35(20-19-33(34)26-32)36-21-22-38-39(28-36)37-11-3-4-14-42(37)49-44(41-13-6-8-24-47-41)43(48-45(38)49)40-12-5-7-23-46-40;1-2-10-25(11-3-1)26-16-18-27(19-17-26)28-20-21-29-30-12-4-5-15-34(30)41-36(33-14-7-9-23-39-33)35(32-13-6-8-22-38-32)40-37(41)31(29)24-28/h1-28H;1-24H. The molecule has 420 valence electrons. The maximum absolute atomic E-state index is 5.29. The summed E-state index contributed by atoms with van der Waals surface area (Å²) >= 11 is 0. The van der Waals surface area contributed by atoms with Crippen molar-refractivity contribution in [2.24, 2.45) is 0 Å². The van der Waals surface area contributed by atoms with Crippen molar-refractivity contribution >= 4 is 76.2 Å². The Labute approximate surface area is 518 Å². The maximum atomic E-state index is 5.29. The minimum Gasteiger partial charge on any atom is -0.290 e. The van der Waals surface area contributed by atoms with Gasteiger partial charge in [0, 0.05) is 46.3 Å². The second-order valence-corrected chi connectivity index (χ2v) is 22.6. The molecule has 18 aromatic rings. The van der Waals surface area contributed by atoms with E-state index in [1.165, 1.54) is 71.3 Å². The molecule has 0 spiro atoms. The number of pyridine rings is 6. The molecule has 0 saturated carbocycles. The molecule has 0 aliphatic carbocycles. The summed E-state index contributed by atoms with van der Waals surface area (Å²) in [5.41, 5.74) is 20.4. The first-order valence-corrected chi connectivity index (χ1v) is 30.2. The van der Waals surface area contributed by atoms with Gasteiger partial charge in [-0.3, -0.25) is 28.7 Å². The molecule has 0 bridgehead atoms. The van der Waals surface area contributed by atoms with Gasteiger partial charge in [-0.05, 0) is 174 Å². The molecule has 0 atom stereocenters. The van der Waals surface area contributed by atoms with Crippen LogP contribution in [0, 0.1) is 0 Å². The quantitative estimate of drug-likeness (QED) is 0.141. The zero-order valence-electron chi connectivity index (χ0n) is 48.6. The van der Waals surface area contributed by atoms with Gasteiger partial charge in [0.1, 0.15) is 34.1 Å². The van der Waals surface area contributed by atoms with Crippen LogP contribution in [0.15, 0.2) is 316 Å². The molecule has 90 heavy (non-hydrogen) atoms. The van der Waals surface area contributed by atoms with Gasteiger partial charge in [-0.1, -0.05) is 194 Å². The average Bonchev–Trinajstić information content (AvgIpc) is 1.53. The molecule has 0 unspecified atom stereocenters. The SMILES string of the molecule is c1ccc(-c2ccc(-c3ccc4c5ccccc5n5c(-c6ccccn6)c(-c6ccccn6)nc5c4c3)cc2)cc1.c1ccc(-c2nc3c4ccc(-c5ccc6cc(-c7ccc8ccccc8c7)ccc6c5)cc4c4ccccc4n3c2-c2ccccn2)nc1. The number of fused-ring (bicyclic) bond motifs is 14. The molecule has 0 amide bonds. The van der Waals surface area contributed by atoms with E-state index in [1.807, 2.05) is 104 Å². The molecular weight excluding hydrogens is 1100 g/mol. The van der Waals surface area contributed by atoms with E-state index in [0.29, 0.717) is 0 Å².